The number of nitrogens with one attached hydrogen (secondary N) is 3. The van der Waals surface area contributed by atoms with Gasteiger partial charge >= 0.3 is 0 Å². The van der Waals surface area contributed by atoms with Gasteiger partial charge in [0.15, 0.2) is 0 Å². The molecule has 2 aromatic rings. The molecule has 116 valence electrons. The molecule has 0 atom stereocenters. The molecule has 0 bridgehead atoms. The Morgan fingerprint density at radius 3 is 2.50 bits per heavy atom. The molecule has 5 nitrogen and oxygen atoms in total. The topological polar surface area (TPSA) is 69.8 Å². The lowest BCUT2D eigenvalue weighted by atomic mass is 10.1. The van der Waals surface area contributed by atoms with Crippen molar-refractivity contribution in [2.45, 2.75) is 19.3 Å². The number of hydrogen-bond donors (Lipinski definition) is 3. The van der Waals surface area contributed by atoms with Crippen LogP contribution in [0.15, 0.2) is 35.3 Å². The highest BCUT2D eigenvalue weighted by Crippen LogP contribution is 2.26. The first-order chi connectivity index (χ1) is 10.8. The Kier molecular flexibility index (Phi) is 4.98. The lowest BCUT2D eigenvalue weighted by Crippen LogP contribution is -2.39. The SMILES string of the molecule is C1CNCCN1.O=c1[nH]c(C2=CCCC2)cc2ncccc12. The number of fused-ring (bicyclic) bond motifs is 1. The maximum Gasteiger partial charge on any atom is 0.257 e. The number of pyridine rings is 2. The molecule has 5 heteroatoms. The second-order valence-corrected chi connectivity index (χ2v) is 5.57. The van der Waals surface area contributed by atoms with Gasteiger partial charge in [0.25, 0.3) is 5.56 Å². The monoisotopic (exact) mass is 298 g/mol. The fourth-order valence-corrected chi connectivity index (χ4v) is 2.78. The van der Waals surface area contributed by atoms with E-state index in [-0.39, 0.29) is 5.56 Å². The summed E-state index contributed by atoms with van der Waals surface area (Å²) in [5.41, 5.74) is 2.89. The van der Waals surface area contributed by atoms with E-state index in [4.69, 9.17) is 0 Å². The summed E-state index contributed by atoms with van der Waals surface area (Å²) in [6.45, 7) is 4.56. The van der Waals surface area contributed by atoms with Crippen molar-refractivity contribution >= 4 is 16.5 Å². The number of aromatic amines is 1. The summed E-state index contributed by atoms with van der Waals surface area (Å²) in [6, 6.07) is 5.55. The van der Waals surface area contributed by atoms with Gasteiger partial charge in [-0.05, 0) is 43.0 Å². The lowest BCUT2D eigenvalue weighted by Gasteiger charge is -2.11. The number of nitrogens with zero attached hydrogens (tertiary/aromatic N) is 1. The molecule has 0 unspecified atom stereocenters. The zero-order chi connectivity index (χ0) is 15.2. The number of allylic oxidation sites excluding steroid dienone is 2. The maximum atomic E-state index is 11.8. The molecule has 2 aliphatic rings. The van der Waals surface area contributed by atoms with Gasteiger partial charge in [-0.15, -0.1) is 0 Å². The van der Waals surface area contributed by atoms with Gasteiger partial charge in [-0.25, -0.2) is 0 Å². The van der Waals surface area contributed by atoms with E-state index >= 15 is 0 Å². The van der Waals surface area contributed by atoms with Crippen molar-refractivity contribution in [3.05, 3.63) is 46.5 Å². The Morgan fingerprint density at radius 2 is 1.86 bits per heavy atom. The van der Waals surface area contributed by atoms with Crippen LogP contribution in [0.25, 0.3) is 16.5 Å². The van der Waals surface area contributed by atoms with E-state index in [1.807, 2.05) is 6.07 Å². The molecule has 22 heavy (non-hydrogen) atoms. The van der Waals surface area contributed by atoms with E-state index in [2.05, 4.69) is 26.7 Å². The van der Waals surface area contributed by atoms with Gasteiger partial charge in [0.1, 0.15) is 0 Å². The molecule has 1 aliphatic heterocycles. The molecular formula is C17H22N4O. The van der Waals surface area contributed by atoms with E-state index in [0.717, 1.165) is 50.2 Å². The average Bonchev–Trinajstić information content (AvgIpc) is 3.12. The molecule has 2 aromatic heterocycles. The Hall–Kier alpha value is -1.98. The van der Waals surface area contributed by atoms with Crippen LogP contribution < -0.4 is 16.2 Å². The molecule has 3 N–H and O–H groups in total. The van der Waals surface area contributed by atoms with Gasteiger partial charge in [0.2, 0.25) is 0 Å². The molecule has 0 amide bonds. The quantitative estimate of drug-likeness (QED) is 0.749. The van der Waals surface area contributed by atoms with Crippen molar-refractivity contribution in [2.24, 2.45) is 0 Å². The van der Waals surface area contributed by atoms with Crippen molar-refractivity contribution in [3.8, 4) is 0 Å². The smallest absolute Gasteiger partial charge is 0.257 e. The van der Waals surface area contributed by atoms with Crippen LogP contribution in [-0.2, 0) is 0 Å². The van der Waals surface area contributed by atoms with Crippen LogP contribution in [0.4, 0.5) is 0 Å². The number of rotatable bonds is 1. The molecule has 3 heterocycles. The normalized spacial score (nSPS) is 17.7. The number of piperazine rings is 1. The fourth-order valence-electron chi connectivity index (χ4n) is 2.78. The van der Waals surface area contributed by atoms with Crippen LogP contribution in [0.1, 0.15) is 25.0 Å². The van der Waals surface area contributed by atoms with Crippen molar-refractivity contribution in [1.82, 2.24) is 20.6 Å². The molecule has 4 rings (SSSR count). The molecular weight excluding hydrogens is 276 g/mol. The highest BCUT2D eigenvalue weighted by molar-refractivity contribution is 5.80. The van der Waals surface area contributed by atoms with Crippen molar-refractivity contribution < 1.29 is 0 Å². The first kappa shape index (κ1) is 14.9. The Morgan fingerprint density at radius 1 is 1.09 bits per heavy atom. The van der Waals surface area contributed by atoms with Gasteiger partial charge in [-0.3, -0.25) is 9.78 Å². The third kappa shape index (κ3) is 3.61. The second-order valence-electron chi connectivity index (χ2n) is 5.57. The zero-order valence-corrected chi connectivity index (χ0v) is 12.7. The summed E-state index contributed by atoms with van der Waals surface area (Å²) in [5, 5.41) is 7.10. The predicted molar refractivity (Wildman–Crippen MR) is 89.9 cm³/mol. The average molecular weight is 298 g/mol. The minimum Gasteiger partial charge on any atom is -0.322 e. The largest absolute Gasteiger partial charge is 0.322 e. The van der Waals surface area contributed by atoms with Crippen molar-refractivity contribution in [1.29, 1.82) is 0 Å². The van der Waals surface area contributed by atoms with E-state index in [1.165, 1.54) is 12.0 Å². The lowest BCUT2D eigenvalue weighted by molar-refractivity contribution is 0.534. The molecule has 0 spiro atoms. The summed E-state index contributed by atoms with van der Waals surface area (Å²) >= 11 is 0. The molecule has 0 saturated carbocycles. The first-order valence-electron chi connectivity index (χ1n) is 7.93. The summed E-state index contributed by atoms with van der Waals surface area (Å²) < 4.78 is 0. The number of aromatic nitrogens is 2. The van der Waals surface area contributed by atoms with E-state index in [0.29, 0.717) is 5.39 Å². The summed E-state index contributed by atoms with van der Waals surface area (Å²) in [5.74, 6) is 0. The summed E-state index contributed by atoms with van der Waals surface area (Å²) in [6.07, 6.45) is 7.25. The molecule has 0 aromatic carbocycles. The van der Waals surface area contributed by atoms with Gasteiger partial charge < -0.3 is 15.6 Å². The number of H-pyrrole nitrogens is 1. The molecule has 0 radical (unpaired) electrons. The van der Waals surface area contributed by atoms with Gasteiger partial charge in [-0.1, -0.05) is 6.08 Å². The van der Waals surface area contributed by atoms with Crippen LogP contribution in [0.3, 0.4) is 0 Å². The minimum atomic E-state index is -0.0478. The fraction of sp³-hybridized carbons (Fsp3) is 0.412. The van der Waals surface area contributed by atoms with Crippen molar-refractivity contribution in [3.63, 3.8) is 0 Å². The Bertz CT molecular complexity index is 704. The van der Waals surface area contributed by atoms with Crippen LogP contribution in [-0.4, -0.2) is 36.1 Å². The van der Waals surface area contributed by atoms with Gasteiger partial charge in [0, 0.05) is 38.1 Å². The Balaban J connectivity index is 0.000000202. The number of hydrogen-bond acceptors (Lipinski definition) is 4. The van der Waals surface area contributed by atoms with E-state index in [9.17, 15) is 4.79 Å². The molecule has 1 aliphatic carbocycles. The Labute approximate surface area is 129 Å². The van der Waals surface area contributed by atoms with Crippen LogP contribution in [0.2, 0.25) is 0 Å². The third-order valence-corrected chi connectivity index (χ3v) is 3.96. The molecule has 1 fully saturated rings. The second kappa shape index (κ2) is 7.33. The van der Waals surface area contributed by atoms with Crippen LogP contribution >= 0.6 is 0 Å². The highest BCUT2D eigenvalue weighted by atomic mass is 16.1. The summed E-state index contributed by atoms with van der Waals surface area (Å²) in [7, 11) is 0. The first-order valence-corrected chi connectivity index (χ1v) is 7.93. The zero-order valence-electron chi connectivity index (χ0n) is 12.7. The minimum absolute atomic E-state index is 0.0478. The maximum absolute atomic E-state index is 11.8. The van der Waals surface area contributed by atoms with Crippen LogP contribution in [0, 0.1) is 0 Å². The van der Waals surface area contributed by atoms with Gasteiger partial charge in [0.05, 0.1) is 10.9 Å². The van der Waals surface area contributed by atoms with Crippen LogP contribution in [0.5, 0.6) is 0 Å². The molecule has 1 saturated heterocycles. The van der Waals surface area contributed by atoms with Crippen molar-refractivity contribution in [2.75, 3.05) is 26.2 Å². The summed E-state index contributed by atoms with van der Waals surface area (Å²) in [4.78, 5) is 19.0. The van der Waals surface area contributed by atoms with Gasteiger partial charge in [-0.2, -0.15) is 0 Å². The third-order valence-electron chi connectivity index (χ3n) is 3.96. The van der Waals surface area contributed by atoms with E-state index in [1.54, 1.807) is 18.3 Å². The highest BCUT2D eigenvalue weighted by Gasteiger charge is 2.10. The predicted octanol–water partition coefficient (Wildman–Crippen LogP) is 1.67. The standard InChI is InChI=1S/C13H12N2O.C4H10N2/c16-13-10-6-3-7-14-12(10)8-11(15-13)9-4-1-2-5-9;1-2-6-4-3-5-1/h3-4,6-8H,1-2,5H2,(H,15,16);5-6H,1-4H2. The van der Waals surface area contributed by atoms with E-state index < -0.39 is 0 Å².